The van der Waals surface area contributed by atoms with Crippen LogP contribution in [0.1, 0.15) is 37.9 Å². The van der Waals surface area contributed by atoms with Crippen LogP contribution in [-0.4, -0.2) is 18.7 Å². The summed E-state index contributed by atoms with van der Waals surface area (Å²) in [6.45, 7) is 7.86. The molecule has 0 radical (unpaired) electrons. The Morgan fingerprint density at radius 3 is 2.61 bits per heavy atom. The zero-order valence-corrected chi connectivity index (χ0v) is 14.4. The Kier molecular flexibility index (Phi) is 6.41. The van der Waals surface area contributed by atoms with Crippen LogP contribution in [-0.2, 0) is 6.54 Å². The van der Waals surface area contributed by atoms with E-state index in [1.54, 1.807) is 13.3 Å². The summed E-state index contributed by atoms with van der Waals surface area (Å²) in [6, 6.07) is 10.3. The standard InChI is InChI=1S/C19H26N2O2/c1-14(2)13-23-18-8-7-17(10-19(18)22-4)15(3)21-12-16-6-5-9-20-11-16/h5-11,14-15,21H,12-13H2,1-4H3. The second-order valence-electron chi connectivity index (χ2n) is 6.08. The van der Waals surface area contributed by atoms with Crippen LogP contribution in [0.2, 0.25) is 0 Å². The van der Waals surface area contributed by atoms with Gasteiger partial charge in [-0.1, -0.05) is 26.0 Å². The molecule has 1 atom stereocenters. The number of methoxy groups -OCH3 is 1. The highest BCUT2D eigenvalue weighted by Crippen LogP contribution is 2.30. The molecule has 2 aromatic rings. The van der Waals surface area contributed by atoms with E-state index in [0.717, 1.165) is 18.0 Å². The molecule has 0 saturated carbocycles. The summed E-state index contributed by atoms with van der Waals surface area (Å²) in [5.74, 6) is 2.06. The van der Waals surface area contributed by atoms with Gasteiger partial charge in [0.2, 0.25) is 0 Å². The first-order chi connectivity index (χ1) is 11.1. The summed E-state index contributed by atoms with van der Waals surface area (Å²) in [5, 5.41) is 3.50. The van der Waals surface area contributed by atoms with Gasteiger partial charge in [0.25, 0.3) is 0 Å². The molecule has 0 amide bonds. The quantitative estimate of drug-likeness (QED) is 0.800. The number of nitrogens with zero attached hydrogens (tertiary/aromatic N) is 1. The van der Waals surface area contributed by atoms with E-state index in [9.17, 15) is 0 Å². The maximum Gasteiger partial charge on any atom is 0.161 e. The predicted octanol–water partition coefficient (Wildman–Crippen LogP) is 3.98. The Hall–Kier alpha value is -2.07. The normalized spacial score (nSPS) is 12.2. The maximum absolute atomic E-state index is 5.80. The third-order valence-electron chi connectivity index (χ3n) is 3.60. The highest BCUT2D eigenvalue weighted by atomic mass is 16.5. The van der Waals surface area contributed by atoms with Gasteiger partial charge in [-0.3, -0.25) is 4.98 Å². The van der Waals surface area contributed by atoms with Gasteiger partial charge < -0.3 is 14.8 Å². The number of pyridine rings is 1. The molecular formula is C19H26N2O2. The molecule has 0 spiro atoms. The van der Waals surface area contributed by atoms with Crippen molar-refractivity contribution in [2.75, 3.05) is 13.7 Å². The van der Waals surface area contributed by atoms with Crippen LogP contribution in [0, 0.1) is 5.92 Å². The number of aromatic nitrogens is 1. The van der Waals surface area contributed by atoms with Crippen LogP contribution < -0.4 is 14.8 Å². The van der Waals surface area contributed by atoms with E-state index in [1.165, 1.54) is 11.1 Å². The predicted molar refractivity (Wildman–Crippen MR) is 92.8 cm³/mol. The van der Waals surface area contributed by atoms with Gasteiger partial charge in [-0.25, -0.2) is 0 Å². The number of ether oxygens (including phenoxy) is 2. The maximum atomic E-state index is 5.80. The fourth-order valence-electron chi connectivity index (χ4n) is 2.22. The molecule has 124 valence electrons. The molecule has 23 heavy (non-hydrogen) atoms. The smallest absolute Gasteiger partial charge is 0.161 e. The first kappa shape index (κ1) is 17.3. The fraction of sp³-hybridized carbons (Fsp3) is 0.421. The van der Waals surface area contributed by atoms with Gasteiger partial charge in [0.05, 0.1) is 13.7 Å². The first-order valence-electron chi connectivity index (χ1n) is 8.03. The molecule has 0 aliphatic heterocycles. The number of nitrogens with one attached hydrogen (secondary N) is 1. The third-order valence-corrected chi connectivity index (χ3v) is 3.60. The minimum Gasteiger partial charge on any atom is -0.493 e. The Labute approximate surface area is 138 Å². The lowest BCUT2D eigenvalue weighted by Crippen LogP contribution is -2.18. The molecule has 1 heterocycles. The van der Waals surface area contributed by atoms with Crippen LogP contribution in [0.15, 0.2) is 42.7 Å². The largest absolute Gasteiger partial charge is 0.493 e. The SMILES string of the molecule is COc1cc(C(C)NCc2cccnc2)ccc1OCC(C)C. The lowest BCUT2D eigenvalue weighted by Gasteiger charge is -2.17. The monoisotopic (exact) mass is 314 g/mol. The highest BCUT2D eigenvalue weighted by Gasteiger charge is 2.11. The lowest BCUT2D eigenvalue weighted by atomic mass is 10.1. The van der Waals surface area contributed by atoms with Gasteiger partial charge in [0, 0.05) is 25.0 Å². The Bertz CT molecular complexity index is 600. The summed E-state index contributed by atoms with van der Waals surface area (Å²) < 4.78 is 11.3. The molecular weight excluding hydrogens is 288 g/mol. The fourth-order valence-corrected chi connectivity index (χ4v) is 2.22. The lowest BCUT2D eigenvalue weighted by molar-refractivity contribution is 0.256. The van der Waals surface area contributed by atoms with Crippen LogP contribution >= 0.6 is 0 Å². The molecule has 0 saturated heterocycles. The molecule has 0 fully saturated rings. The number of rotatable bonds is 8. The molecule has 1 unspecified atom stereocenters. The molecule has 0 bridgehead atoms. The van der Waals surface area contributed by atoms with E-state index in [-0.39, 0.29) is 6.04 Å². The second kappa shape index (κ2) is 8.53. The van der Waals surface area contributed by atoms with E-state index in [0.29, 0.717) is 12.5 Å². The molecule has 0 aliphatic carbocycles. The number of hydrogen-bond acceptors (Lipinski definition) is 4. The molecule has 4 nitrogen and oxygen atoms in total. The van der Waals surface area contributed by atoms with Gasteiger partial charge >= 0.3 is 0 Å². The van der Waals surface area contributed by atoms with E-state index >= 15 is 0 Å². The molecule has 2 rings (SSSR count). The van der Waals surface area contributed by atoms with Crippen molar-refractivity contribution in [3.8, 4) is 11.5 Å². The average Bonchev–Trinajstić information content (AvgIpc) is 2.58. The molecule has 1 aromatic heterocycles. The van der Waals surface area contributed by atoms with Crippen LogP contribution in [0.4, 0.5) is 0 Å². The van der Waals surface area contributed by atoms with Crippen molar-refractivity contribution in [1.29, 1.82) is 0 Å². The average molecular weight is 314 g/mol. The zero-order chi connectivity index (χ0) is 16.7. The van der Waals surface area contributed by atoms with Crippen molar-refractivity contribution in [1.82, 2.24) is 10.3 Å². The summed E-state index contributed by atoms with van der Waals surface area (Å²) >= 11 is 0. The summed E-state index contributed by atoms with van der Waals surface area (Å²) in [5.41, 5.74) is 2.34. The summed E-state index contributed by atoms with van der Waals surface area (Å²) in [4.78, 5) is 4.13. The minimum atomic E-state index is 0.211. The van der Waals surface area contributed by atoms with Crippen LogP contribution in [0.5, 0.6) is 11.5 Å². The Morgan fingerprint density at radius 2 is 1.96 bits per heavy atom. The minimum absolute atomic E-state index is 0.211. The zero-order valence-electron chi connectivity index (χ0n) is 14.4. The van der Waals surface area contributed by atoms with Gasteiger partial charge in [0.1, 0.15) is 0 Å². The Balaban J connectivity index is 2.01. The van der Waals surface area contributed by atoms with E-state index < -0.39 is 0 Å². The second-order valence-corrected chi connectivity index (χ2v) is 6.08. The number of hydrogen-bond donors (Lipinski definition) is 1. The summed E-state index contributed by atoms with van der Waals surface area (Å²) in [6.07, 6.45) is 3.66. The van der Waals surface area contributed by atoms with Gasteiger partial charge in [-0.05, 0) is 42.2 Å². The van der Waals surface area contributed by atoms with Crippen molar-refractivity contribution in [3.05, 3.63) is 53.9 Å². The van der Waals surface area contributed by atoms with Gasteiger partial charge in [-0.15, -0.1) is 0 Å². The third kappa shape index (κ3) is 5.25. The van der Waals surface area contributed by atoms with Crippen molar-refractivity contribution < 1.29 is 9.47 Å². The first-order valence-corrected chi connectivity index (χ1v) is 8.03. The van der Waals surface area contributed by atoms with Crippen LogP contribution in [0.25, 0.3) is 0 Å². The molecule has 1 aromatic carbocycles. The Morgan fingerprint density at radius 1 is 1.13 bits per heavy atom. The molecule has 4 heteroatoms. The van der Waals surface area contributed by atoms with Gasteiger partial charge in [0.15, 0.2) is 11.5 Å². The van der Waals surface area contributed by atoms with E-state index in [4.69, 9.17) is 9.47 Å². The van der Waals surface area contributed by atoms with Crippen molar-refractivity contribution >= 4 is 0 Å². The van der Waals surface area contributed by atoms with Crippen molar-refractivity contribution in [2.45, 2.75) is 33.4 Å². The van der Waals surface area contributed by atoms with Crippen LogP contribution in [0.3, 0.4) is 0 Å². The molecule has 1 N–H and O–H groups in total. The van der Waals surface area contributed by atoms with E-state index in [1.807, 2.05) is 24.4 Å². The van der Waals surface area contributed by atoms with E-state index in [2.05, 4.69) is 43.2 Å². The van der Waals surface area contributed by atoms with Gasteiger partial charge in [-0.2, -0.15) is 0 Å². The highest BCUT2D eigenvalue weighted by molar-refractivity contribution is 5.43. The summed E-state index contributed by atoms with van der Waals surface area (Å²) in [7, 11) is 1.68. The van der Waals surface area contributed by atoms with Crippen molar-refractivity contribution in [2.24, 2.45) is 5.92 Å². The number of benzene rings is 1. The van der Waals surface area contributed by atoms with Crippen molar-refractivity contribution in [3.63, 3.8) is 0 Å². The molecule has 0 aliphatic rings. The topological polar surface area (TPSA) is 43.4 Å².